The molecule has 0 radical (unpaired) electrons. The minimum absolute atomic E-state index is 0. The second kappa shape index (κ2) is 6.65. The fourth-order valence-electron chi connectivity index (χ4n) is 3.62. The molecule has 3 aromatic rings. The van der Waals surface area contributed by atoms with Gasteiger partial charge in [-0.3, -0.25) is 9.13 Å². The molecule has 0 saturated heterocycles. The van der Waals surface area contributed by atoms with Crippen LogP contribution in [0.5, 0.6) is 0 Å². The standard InChI is InChI=1S/C17H21N5O2.ClH/c1-2-21-12-7-3-4-8-13(12)22(16(21)23)11-14-19-15(20-24-14)17(18)9-5-6-10-17;/h3-4,7-8H,2,5-6,9-11,18H2,1H3;1H. The number of para-hydroxylation sites is 2. The quantitative estimate of drug-likeness (QED) is 0.768. The van der Waals surface area contributed by atoms with E-state index >= 15 is 0 Å². The van der Waals surface area contributed by atoms with Gasteiger partial charge in [0.1, 0.15) is 6.54 Å². The Bertz CT molecular complexity index is 936. The van der Waals surface area contributed by atoms with Crippen LogP contribution in [0.1, 0.15) is 44.3 Å². The lowest BCUT2D eigenvalue weighted by Crippen LogP contribution is -2.34. The zero-order chi connectivity index (χ0) is 16.7. The molecule has 0 spiro atoms. The highest BCUT2D eigenvalue weighted by atomic mass is 35.5. The maximum absolute atomic E-state index is 12.7. The Labute approximate surface area is 151 Å². The van der Waals surface area contributed by atoms with Crippen LogP contribution in [0.2, 0.25) is 0 Å². The molecule has 2 N–H and O–H groups in total. The Balaban J connectivity index is 0.00000182. The first kappa shape index (κ1) is 17.7. The molecular formula is C17H22ClN5O2. The highest BCUT2D eigenvalue weighted by Gasteiger charge is 2.36. The summed E-state index contributed by atoms with van der Waals surface area (Å²) < 4.78 is 8.80. The SMILES string of the molecule is CCn1c(=O)n(Cc2nc(C3(N)CCCC3)no2)c2ccccc21.Cl. The fraction of sp³-hybridized carbons (Fsp3) is 0.471. The number of aromatic nitrogens is 4. The maximum Gasteiger partial charge on any atom is 0.329 e. The summed E-state index contributed by atoms with van der Waals surface area (Å²) in [4.78, 5) is 17.1. The van der Waals surface area contributed by atoms with Crippen molar-refractivity contribution in [3.05, 3.63) is 46.5 Å². The Morgan fingerprint density at radius 1 is 1.20 bits per heavy atom. The van der Waals surface area contributed by atoms with Gasteiger partial charge in [0.15, 0.2) is 5.82 Å². The third-order valence-electron chi connectivity index (χ3n) is 4.94. The van der Waals surface area contributed by atoms with Crippen LogP contribution in [0.25, 0.3) is 11.0 Å². The molecule has 1 aromatic carbocycles. The van der Waals surface area contributed by atoms with Crippen LogP contribution in [-0.4, -0.2) is 19.3 Å². The monoisotopic (exact) mass is 363 g/mol. The van der Waals surface area contributed by atoms with Gasteiger partial charge < -0.3 is 10.3 Å². The average Bonchev–Trinajstić information content (AvgIpc) is 3.28. The van der Waals surface area contributed by atoms with Gasteiger partial charge in [0.2, 0.25) is 5.89 Å². The van der Waals surface area contributed by atoms with Gasteiger partial charge in [0, 0.05) is 6.54 Å². The lowest BCUT2D eigenvalue weighted by atomic mass is 9.99. The molecule has 0 unspecified atom stereocenters. The molecule has 1 saturated carbocycles. The zero-order valence-corrected chi connectivity index (χ0v) is 15.0. The van der Waals surface area contributed by atoms with Crippen LogP contribution >= 0.6 is 12.4 Å². The van der Waals surface area contributed by atoms with Crippen molar-refractivity contribution >= 4 is 23.4 Å². The van der Waals surface area contributed by atoms with Crippen molar-refractivity contribution in [3.63, 3.8) is 0 Å². The number of aryl methyl sites for hydroxylation is 1. The number of rotatable bonds is 4. The lowest BCUT2D eigenvalue weighted by Gasteiger charge is -2.17. The predicted molar refractivity (Wildman–Crippen MR) is 96.9 cm³/mol. The first-order chi connectivity index (χ1) is 11.6. The van der Waals surface area contributed by atoms with Crippen molar-refractivity contribution in [1.29, 1.82) is 0 Å². The third kappa shape index (κ3) is 2.87. The number of nitrogens with two attached hydrogens (primary N) is 1. The molecule has 0 bridgehead atoms. The molecule has 0 aliphatic heterocycles. The van der Waals surface area contributed by atoms with E-state index in [2.05, 4.69) is 10.1 Å². The van der Waals surface area contributed by atoms with E-state index in [9.17, 15) is 4.79 Å². The van der Waals surface area contributed by atoms with Crippen LogP contribution in [0, 0.1) is 0 Å². The van der Waals surface area contributed by atoms with E-state index < -0.39 is 5.54 Å². The Hall–Kier alpha value is -2.12. The number of benzene rings is 1. The zero-order valence-electron chi connectivity index (χ0n) is 14.1. The molecule has 1 fully saturated rings. The van der Waals surface area contributed by atoms with Gasteiger partial charge in [-0.05, 0) is 31.9 Å². The van der Waals surface area contributed by atoms with E-state index in [4.69, 9.17) is 10.3 Å². The van der Waals surface area contributed by atoms with Crippen molar-refractivity contribution in [2.75, 3.05) is 0 Å². The van der Waals surface area contributed by atoms with Gasteiger partial charge in [0.05, 0.1) is 16.6 Å². The molecule has 7 nitrogen and oxygen atoms in total. The van der Waals surface area contributed by atoms with Gasteiger partial charge in [-0.2, -0.15) is 4.98 Å². The number of halogens is 1. The van der Waals surface area contributed by atoms with E-state index in [0.717, 1.165) is 36.7 Å². The van der Waals surface area contributed by atoms with Gasteiger partial charge in [-0.1, -0.05) is 30.1 Å². The van der Waals surface area contributed by atoms with E-state index in [0.29, 0.717) is 18.3 Å². The fourth-order valence-corrected chi connectivity index (χ4v) is 3.62. The summed E-state index contributed by atoms with van der Waals surface area (Å²) in [5.41, 5.74) is 7.61. The summed E-state index contributed by atoms with van der Waals surface area (Å²) in [6.45, 7) is 2.84. The number of nitrogens with zero attached hydrogens (tertiary/aromatic N) is 4. The van der Waals surface area contributed by atoms with Crippen molar-refractivity contribution < 1.29 is 4.52 Å². The van der Waals surface area contributed by atoms with Crippen LogP contribution < -0.4 is 11.4 Å². The molecule has 4 rings (SSSR count). The van der Waals surface area contributed by atoms with Crippen molar-refractivity contribution in [3.8, 4) is 0 Å². The molecular weight excluding hydrogens is 342 g/mol. The molecule has 2 heterocycles. The summed E-state index contributed by atoms with van der Waals surface area (Å²) in [5.74, 6) is 0.977. The highest BCUT2D eigenvalue weighted by Crippen LogP contribution is 2.34. The lowest BCUT2D eigenvalue weighted by molar-refractivity contribution is 0.344. The van der Waals surface area contributed by atoms with Gasteiger partial charge in [-0.25, -0.2) is 4.79 Å². The number of fused-ring (bicyclic) bond motifs is 1. The molecule has 134 valence electrons. The topological polar surface area (TPSA) is 91.9 Å². The first-order valence-corrected chi connectivity index (χ1v) is 8.42. The molecule has 0 amide bonds. The summed E-state index contributed by atoms with van der Waals surface area (Å²) in [5, 5.41) is 4.07. The normalized spacial score (nSPS) is 16.2. The number of hydrogen-bond acceptors (Lipinski definition) is 5. The second-order valence-electron chi connectivity index (χ2n) is 6.48. The van der Waals surface area contributed by atoms with E-state index in [1.54, 1.807) is 9.13 Å². The minimum atomic E-state index is -0.482. The summed E-state index contributed by atoms with van der Waals surface area (Å²) in [6.07, 6.45) is 3.93. The Morgan fingerprint density at radius 3 is 2.48 bits per heavy atom. The van der Waals surface area contributed by atoms with Crippen molar-refractivity contribution in [1.82, 2.24) is 19.3 Å². The summed E-state index contributed by atoms with van der Waals surface area (Å²) >= 11 is 0. The third-order valence-corrected chi connectivity index (χ3v) is 4.94. The Kier molecular flexibility index (Phi) is 4.71. The molecule has 1 aliphatic carbocycles. The maximum atomic E-state index is 12.7. The van der Waals surface area contributed by atoms with E-state index in [-0.39, 0.29) is 24.6 Å². The molecule has 8 heteroatoms. The predicted octanol–water partition coefficient (Wildman–Crippen LogP) is 2.40. The first-order valence-electron chi connectivity index (χ1n) is 8.42. The number of imidazole rings is 1. The largest absolute Gasteiger partial charge is 0.337 e. The van der Waals surface area contributed by atoms with Gasteiger partial charge in [0.25, 0.3) is 0 Å². The molecule has 0 atom stereocenters. The van der Waals surface area contributed by atoms with Crippen LogP contribution in [0.3, 0.4) is 0 Å². The Morgan fingerprint density at radius 2 is 1.84 bits per heavy atom. The van der Waals surface area contributed by atoms with Crippen molar-refractivity contribution in [2.45, 2.75) is 51.2 Å². The smallest absolute Gasteiger partial charge is 0.329 e. The molecule has 25 heavy (non-hydrogen) atoms. The summed E-state index contributed by atoms with van der Waals surface area (Å²) in [6, 6.07) is 7.73. The van der Waals surface area contributed by atoms with Crippen LogP contribution in [0.15, 0.2) is 33.6 Å². The van der Waals surface area contributed by atoms with Crippen molar-refractivity contribution in [2.24, 2.45) is 5.73 Å². The number of hydrogen-bond donors (Lipinski definition) is 1. The van der Waals surface area contributed by atoms with Crippen LogP contribution in [-0.2, 0) is 18.6 Å². The van der Waals surface area contributed by atoms with E-state index in [1.807, 2.05) is 31.2 Å². The van der Waals surface area contributed by atoms with E-state index in [1.165, 1.54) is 0 Å². The van der Waals surface area contributed by atoms with Crippen LogP contribution in [0.4, 0.5) is 0 Å². The second-order valence-corrected chi connectivity index (χ2v) is 6.48. The van der Waals surface area contributed by atoms with Gasteiger partial charge >= 0.3 is 5.69 Å². The van der Waals surface area contributed by atoms with Gasteiger partial charge in [-0.15, -0.1) is 12.4 Å². The molecule has 1 aliphatic rings. The summed E-state index contributed by atoms with van der Waals surface area (Å²) in [7, 11) is 0. The highest BCUT2D eigenvalue weighted by molar-refractivity contribution is 5.85. The minimum Gasteiger partial charge on any atom is -0.337 e. The molecule has 2 aromatic heterocycles. The average molecular weight is 364 g/mol.